The Bertz CT molecular complexity index is 5770. The van der Waals surface area contributed by atoms with Crippen molar-refractivity contribution in [3.63, 3.8) is 0 Å². The number of Topliss-reactive ketones (excluding diaryl/α,β-unsaturated/α-hetero) is 4. The molecule has 8 unspecified atom stereocenters. The lowest BCUT2D eigenvalue weighted by Gasteiger charge is -2.32. The van der Waals surface area contributed by atoms with Gasteiger partial charge in [0.15, 0.2) is 23.1 Å². The van der Waals surface area contributed by atoms with Crippen LogP contribution in [-0.4, -0.2) is 160 Å². The highest BCUT2D eigenvalue weighted by atomic mass is 79.9. The lowest BCUT2D eigenvalue weighted by molar-refractivity contribution is -0.156. The van der Waals surface area contributed by atoms with Gasteiger partial charge in [0.1, 0.15) is 24.4 Å². The summed E-state index contributed by atoms with van der Waals surface area (Å²) in [7, 11) is 0. The van der Waals surface area contributed by atoms with Gasteiger partial charge in [-0.2, -0.15) is 0 Å². The average Bonchev–Trinajstić information content (AvgIpc) is 0.805. The Kier molecular flexibility index (Phi) is 33.9. The molecule has 0 saturated carbocycles. The molecule has 4 fully saturated rings. The van der Waals surface area contributed by atoms with Gasteiger partial charge < -0.3 is 40.2 Å². The number of rotatable bonds is 24. The molecule has 4 aromatic heterocycles. The summed E-state index contributed by atoms with van der Waals surface area (Å²) >= 11 is 37.6. The smallest absolute Gasteiger partial charge is 0.338 e. The largest absolute Gasteiger partial charge is 0.461 e. The first-order chi connectivity index (χ1) is 57.9. The molecule has 6 aromatic carbocycles. The number of benzene rings is 6. The Labute approximate surface area is 747 Å². The molecule has 4 N–H and O–H groups in total. The maximum absolute atomic E-state index is 12.8. The summed E-state index contributed by atoms with van der Waals surface area (Å²) in [5, 5.41) is 16.1. The number of hydrogen-bond acceptors (Lipinski definition) is 24. The first-order valence-corrected chi connectivity index (χ1v) is 43.9. The van der Waals surface area contributed by atoms with Crippen molar-refractivity contribution in [1.82, 2.24) is 59.5 Å². The highest BCUT2D eigenvalue weighted by molar-refractivity contribution is 9.11. The van der Waals surface area contributed by atoms with Crippen LogP contribution < -0.4 is 43.5 Å². The standard InChI is InChI=1S/C24H23BrClN3O4.C23H21BrClN3O4.C20H23BrClN3O4.C18H19BrClN3O4/c25-18-12-20-17(11-19(18)26)24(32)29(14-28-20)13-16(30)10-21-22(7-4-8-27-21)33-23(31)9-15-5-2-1-3-6-15;24-17-11-19-16(10-18(17)25)22(30)28(13-27-19)12-15(29)9-20-21(7-4-8-26-20)32-23(31)14-5-2-1-3-6-14;1-11(2)20(28)29-18-4-3-5-23-17(18)6-12(26)9-25-10-24-16-8-14(21)15(22)7-13(16)19(25)27;1-10(24)27-17-3-2-4-21-16(17)5-11(25)8-23-9-22-15-7-13(19)14(20)6-12(15)18(23)26/h1-3,5-6,11-12,14,21-22,27H,4,7-10,13H2;1-3,5-6,10-11,13,20-21,26H,4,7-9,12H2;7-8,10-11,17-18,23H,3-6,9H2,1-2H3;6-7,9,16-17,21H,2-5,8H2,1H3. The number of ether oxygens (including phenoxy) is 4. The van der Waals surface area contributed by atoms with Crippen molar-refractivity contribution in [2.45, 2.75) is 179 Å². The minimum absolute atomic E-state index is 0.0968. The fraction of sp³-hybridized carbons (Fsp3) is 0.388. The summed E-state index contributed by atoms with van der Waals surface area (Å²) in [4.78, 5) is 167. The van der Waals surface area contributed by atoms with Gasteiger partial charge in [0, 0.05) is 50.5 Å². The number of carbonyl (C=O) groups is 8. The van der Waals surface area contributed by atoms with E-state index in [9.17, 15) is 57.5 Å². The van der Waals surface area contributed by atoms with Gasteiger partial charge >= 0.3 is 23.9 Å². The van der Waals surface area contributed by atoms with Crippen molar-refractivity contribution in [3.05, 3.63) is 225 Å². The Balaban J connectivity index is 0.000000158. The molecule has 4 saturated heterocycles. The minimum Gasteiger partial charge on any atom is -0.461 e. The number of fused-ring (bicyclic) bond motifs is 4. The van der Waals surface area contributed by atoms with Crippen LogP contribution in [-0.2, 0) is 85.1 Å². The van der Waals surface area contributed by atoms with Crippen molar-refractivity contribution in [2.75, 3.05) is 26.2 Å². The third-order valence-electron chi connectivity index (χ3n) is 20.5. The summed E-state index contributed by atoms with van der Waals surface area (Å²) in [5.74, 6) is -2.16. The van der Waals surface area contributed by atoms with Crippen LogP contribution in [0.2, 0.25) is 20.1 Å². The van der Waals surface area contributed by atoms with E-state index in [-0.39, 0.29) is 170 Å². The van der Waals surface area contributed by atoms with Gasteiger partial charge in [0.05, 0.1) is 157 Å². The maximum Gasteiger partial charge on any atom is 0.338 e. The number of nitrogens with one attached hydrogen (secondary N) is 4. The first-order valence-electron chi connectivity index (χ1n) is 39.2. The summed E-state index contributed by atoms with van der Waals surface area (Å²) in [6.07, 6.45) is 11.1. The number of aromatic nitrogens is 8. The third-order valence-corrected chi connectivity index (χ3v) is 25.3. The number of hydrogen-bond donors (Lipinski definition) is 4. The van der Waals surface area contributed by atoms with Crippen LogP contribution in [0.1, 0.15) is 114 Å². The van der Waals surface area contributed by atoms with Crippen LogP contribution in [0.15, 0.2) is 172 Å². The van der Waals surface area contributed by atoms with Gasteiger partial charge in [-0.25, -0.2) is 24.7 Å². The molecule has 638 valence electrons. The molecule has 0 radical (unpaired) electrons. The molecular formula is C85H86Br4Cl4N12O16. The van der Waals surface area contributed by atoms with Gasteiger partial charge in [-0.1, -0.05) is 109 Å². The van der Waals surface area contributed by atoms with Gasteiger partial charge in [0.25, 0.3) is 22.2 Å². The normalized spacial score (nSPS) is 18.9. The number of esters is 4. The molecule has 28 nitrogen and oxygen atoms in total. The molecule has 4 aliphatic rings. The van der Waals surface area contributed by atoms with Crippen molar-refractivity contribution < 1.29 is 57.3 Å². The molecule has 0 bridgehead atoms. The summed E-state index contributed by atoms with van der Waals surface area (Å²) in [6.45, 7) is 7.50. The highest BCUT2D eigenvalue weighted by Crippen LogP contribution is 2.31. The molecule has 121 heavy (non-hydrogen) atoms. The van der Waals surface area contributed by atoms with Gasteiger partial charge in [-0.15, -0.1) is 0 Å². The molecule has 14 rings (SSSR count). The molecule has 4 aliphatic heterocycles. The summed E-state index contributed by atoms with van der Waals surface area (Å²) < 4.78 is 30.0. The molecule has 10 aromatic rings. The van der Waals surface area contributed by atoms with Crippen LogP contribution >= 0.6 is 110 Å². The third kappa shape index (κ3) is 25.8. The molecule has 0 aliphatic carbocycles. The number of halogens is 8. The van der Waals surface area contributed by atoms with E-state index in [1.807, 2.05) is 36.4 Å². The Morgan fingerprint density at radius 2 is 0.702 bits per heavy atom. The summed E-state index contributed by atoms with van der Waals surface area (Å²) in [6, 6.07) is 29.9. The number of nitrogens with zero attached hydrogens (tertiary/aromatic N) is 8. The summed E-state index contributed by atoms with van der Waals surface area (Å²) in [5.41, 5.74) is 2.06. The zero-order valence-electron chi connectivity index (χ0n) is 65.9. The van der Waals surface area contributed by atoms with E-state index in [2.05, 4.69) is 105 Å². The lowest BCUT2D eigenvalue weighted by Crippen LogP contribution is -2.48. The van der Waals surface area contributed by atoms with Crippen LogP contribution in [0.25, 0.3) is 43.6 Å². The minimum atomic E-state index is -0.414. The quantitative estimate of drug-likeness (QED) is 0.0322. The van der Waals surface area contributed by atoms with Crippen molar-refractivity contribution >= 4 is 201 Å². The molecule has 0 amide bonds. The molecule has 0 spiro atoms. The predicted molar refractivity (Wildman–Crippen MR) is 473 cm³/mol. The topological polar surface area (TPSA) is 361 Å². The van der Waals surface area contributed by atoms with E-state index in [4.69, 9.17) is 65.4 Å². The van der Waals surface area contributed by atoms with Crippen LogP contribution in [0.4, 0.5) is 0 Å². The Morgan fingerprint density at radius 1 is 0.413 bits per heavy atom. The molecule has 36 heteroatoms. The van der Waals surface area contributed by atoms with E-state index in [1.165, 1.54) is 56.6 Å². The van der Waals surface area contributed by atoms with Gasteiger partial charge in [0.2, 0.25) is 0 Å². The fourth-order valence-electron chi connectivity index (χ4n) is 14.4. The number of piperidine rings is 4. The number of ketones is 4. The zero-order valence-corrected chi connectivity index (χ0v) is 75.2. The van der Waals surface area contributed by atoms with E-state index >= 15 is 0 Å². The molecule has 8 heterocycles. The van der Waals surface area contributed by atoms with Gasteiger partial charge in [-0.3, -0.25) is 71.0 Å². The van der Waals surface area contributed by atoms with Gasteiger partial charge in [-0.05, 0) is 207 Å². The van der Waals surface area contributed by atoms with Crippen molar-refractivity contribution in [2.24, 2.45) is 5.92 Å². The first kappa shape index (κ1) is 93.1. The lowest BCUT2D eigenvalue weighted by atomic mass is 9.96. The van der Waals surface area contributed by atoms with Crippen LogP contribution in [0.5, 0.6) is 0 Å². The van der Waals surface area contributed by atoms with E-state index < -0.39 is 12.1 Å². The van der Waals surface area contributed by atoms with E-state index in [1.54, 1.807) is 80.6 Å². The maximum atomic E-state index is 12.8. The number of carbonyl (C=O) groups excluding carboxylic acids is 8. The average molecular weight is 1990 g/mol. The highest BCUT2D eigenvalue weighted by Gasteiger charge is 2.35. The van der Waals surface area contributed by atoms with Crippen LogP contribution in [0, 0.1) is 5.92 Å². The van der Waals surface area contributed by atoms with E-state index in [0.29, 0.717) is 106 Å². The van der Waals surface area contributed by atoms with Crippen LogP contribution in [0.3, 0.4) is 0 Å². The Morgan fingerprint density at radius 3 is 1.01 bits per heavy atom. The van der Waals surface area contributed by atoms with Crippen molar-refractivity contribution in [1.29, 1.82) is 0 Å². The predicted octanol–water partition coefficient (Wildman–Crippen LogP) is 13.0. The van der Waals surface area contributed by atoms with E-state index in [0.717, 1.165) is 63.8 Å². The zero-order chi connectivity index (χ0) is 86.7. The van der Waals surface area contributed by atoms with Crippen molar-refractivity contribution in [3.8, 4) is 0 Å². The SMILES string of the molecule is CC(=O)OC1CCCNC1CC(=O)Cn1cnc2cc(Br)c(Cl)cc2c1=O.CC(C)C(=O)OC1CCCNC1CC(=O)Cn1cnc2cc(Br)c(Cl)cc2c1=O.O=C(CC1NCCCC1OC(=O)Cc1ccccc1)Cn1cnc2cc(Br)c(Cl)cc2c1=O.O=C(CC1NCCCC1OC(=O)c1ccccc1)Cn1cnc2cc(Br)c(Cl)cc2c1=O. The molecule has 8 atom stereocenters. The second-order valence-electron chi connectivity index (χ2n) is 29.9. The Hall–Kier alpha value is -8.64. The second-order valence-corrected chi connectivity index (χ2v) is 35.0. The fourth-order valence-corrected chi connectivity index (χ4v) is 16.4. The monoisotopic (exact) mass is 1990 g/mol. The second kappa shape index (κ2) is 44.1. The molecular weight excluding hydrogens is 1910 g/mol.